The van der Waals surface area contributed by atoms with Gasteiger partial charge in [-0.15, -0.1) is 0 Å². The van der Waals surface area contributed by atoms with Crippen LogP contribution in [0.1, 0.15) is 75.1 Å². The van der Waals surface area contributed by atoms with Gasteiger partial charge in [0.05, 0.1) is 25.3 Å². The largest absolute Gasteiger partial charge is 0.476 e. The summed E-state index contributed by atoms with van der Waals surface area (Å²) in [6, 6.07) is 13.0. The monoisotopic (exact) mass is 573 g/mol. The summed E-state index contributed by atoms with van der Waals surface area (Å²) < 4.78 is 12.1. The van der Waals surface area contributed by atoms with Crippen LogP contribution in [0.3, 0.4) is 0 Å². The third-order valence-corrected chi connectivity index (χ3v) is 9.21. The Morgan fingerprint density at radius 3 is 2.48 bits per heavy atom. The van der Waals surface area contributed by atoms with E-state index in [4.69, 9.17) is 14.5 Å². The zero-order valence-electron chi connectivity index (χ0n) is 25.1. The molecule has 6 rings (SSSR count). The maximum absolute atomic E-state index is 13.2. The number of fused-ring (bicyclic) bond motifs is 3. The molecule has 42 heavy (non-hydrogen) atoms. The summed E-state index contributed by atoms with van der Waals surface area (Å²) in [5.74, 6) is 1.25. The van der Waals surface area contributed by atoms with Gasteiger partial charge in [-0.1, -0.05) is 30.3 Å². The Bertz CT molecular complexity index is 1330. The number of nitrogens with zero attached hydrogens (tertiary/aromatic N) is 5. The molecule has 4 heterocycles. The molecule has 1 amide bonds. The number of aliphatic hydroxyl groups excluding tert-OH is 1. The van der Waals surface area contributed by atoms with E-state index in [9.17, 15) is 15.2 Å². The Hall–Kier alpha value is -3.35. The minimum atomic E-state index is -0.540. The summed E-state index contributed by atoms with van der Waals surface area (Å²) in [4.78, 5) is 25.0. The molecule has 1 N–H and O–H groups in total. The third-order valence-electron chi connectivity index (χ3n) is 9.21. The maximum Gasteiger partial charge on any atom is 0.410 e. The SMILES string of the molecule is CC(C)(C)OC(=O)N1[C@@H]2CCC[C@H]1CN(c1nc(OCC3(CO)CC3)c(C#N)c3c1CCN(Cc1ccccc1)C3)C2. The first-order valence-corrected chi connectivity index (χ1v) is 15.4. The van der Waals surface area contributed by atoms with Crippen LogP contribution in [0.5, 0.6) is 5.88 Å². The van der Waals surface area contributed by atoms with Crippen LogP contribution < -0.4 is 9.64 Å². The highest BCUT2D eigenvalue weighted by Gasteiger charge is 2.45. The van der Waals surface area contributed by atoms with E-state index in [1.807, 2.05) is 31.7 Å². The molecule has 4 aliphatic rings. The number of benzene rings is 1. The Kier molecular flexibility index (Phi) is 7.79. The van der Waals surface area contributed by atoms with E-state index in [1.54, 1.807) is 0 Å². The quantitative estimate of drug-likeness (QED) is 0.511. The molecule has 0 radical (unpaired) electrons. The molecule has 1 aromatic carbocycles. The lowest BCUT2D eigenvalue weighted by molar-refractivity contribution is -0.00981. The van der Waals surface area contributed by atoms with Crippen LogP contribution in [0, 0.1) is 16.7 Å². The molecule has 1 saturated carbocycles. The zero-order valence-corrected chi connectivity index (χ0v) is 25.1. The summed E-state index contributed by atoms with van der Waals surface area (Å²) >= 11 is 0. The van der Waals surface area contributed by atoms with Crippen LogP contribution in [-0.4, -0.2) is 76.5 Å². The van der Waals surface area contributed by atoms with E-state index < -0.39 is 5.60 Å². The van der Waals surface area contributed by atoms with Crippen LogP contribution in [0.25, 0.3) is 0 Å². The number of nitriles is 1. The Morgan fingerprint density at radius 1 is 1.14 bits per heavy atom. The molecule has 9 heteroatoms. The molecule has 3 fully saturated rings. The van der Waals surface area contributed by atoms with E-state index in [0.29, 0.717) is 37.7 Å². The van der Waals surface area contributed by atoms with E-state index in [-0.39, 0.29) is 30.2 Å². The van der Waals surface area contributed by atoms with Gasteiger partial charge in [-0.2, -0.15) is 10.2 Å². The van der Waals surface area contributed by atoms with Crippen molar-refractivity contribution in [2.24, 2.45) is 5.41 Å². The first kappa shape index (κ1) is 28.8. The van der Waals surface area contributed by atoms with Crippen LogP contribution >= 0.6 is 0 Å². The number of hydrogen-bond acceptors (Lipinski definition) is 8. The van der Waals surface area contributed by atoms with Gasteiger partial charge in [-0.05, 0) is 70.4 Å². The molecular formula is C33H43N5O4. The van der Waals surface area contributed by atoms with Crippen molar-refractivity contribution in [1.29, 1.82) is 5.26 Å². The fourth-order valence-corrected chi connectivity index (χ4v) is 6.74. The number of piperidine rings is 1. The van der Waals surface area contributed by atoms with Gasteiger partial charge in [-0.25, -0.2) is 4.79 Å². The summed E-state index contributed by atoms with van der Waals surface area (Å²) in [6.45, 7) is 9.85. The number of carbonyl (C=O) groups is 1. The molecule has 1 aromatic heterocycles. The summed E-state index contributed by atoms with van der Waals surface area (Å²) in [5, 5.41) is 20.3. The van der Waals surface area contributed by atoms with Crippen molar-refractivity contribution in [1.82, 2.24) is 14.8 Å². The molecule has 9 nitrogen and oxygen atoms in total. The van der Waals surface area contributed by atoms with Crippen molar-refractivity contribution >= 4 is 11.9 Å². The molecule has 224 valence electrons. The number of aliphatic hydroxyl groups is 1. The first-order chi connectivity index (χ1) is 20.2. The highest BCUT2D eigenvalue weighted by Crippen LogP contribution is 2.46. The second kappa shape index (κ2) is 11.4. The number of hydrogen-bond donors (Lipinski definition) is 1. The standard InChI is InChI=1S/C33H43N5O4/c1-32(2,3)42-31(40)38-24-10-7-11-25(38)19-37(18-24)29-26-12-15-36(17-23-8-5-4-6-9-23)20-28(26)27(16-34)30(35-29)41-22-33(21-39)13-14-33/h4-6,8-9,24-25,39H,7,10-15,17-22H2,1-3H3/t24-,25+. The van der Waals surface area contributed by atoms with E-state index in [0.717, 1.165) is 68.6 Å². The molecule has 1 aliphatic carbocycles. The topological polar surface area (TPSA) is 102 Å². The number of piperazine rings is 1. The lowest BCUT2D eigenvalue weighted by Crippen LogP contribution is -2.63. The van der Waals surface area contributed by atoms with E-state index in [1.165, 1.54) is 5.56 Å². The van der Waals surface area contributed by atoms with Crippen LogP contribution in [0.2, 0.25) is 0 Å². The molecule has 2 atom stereocenters. The number of carbonyl (C=O) groups excluding carboxylic acids is 1. The first-order valence-electron chi connectivity index (χ1n) is 15.4. The molecule has 0 spiro atoms. The Balaban J connectivity index is 1.32. The van der Waals surface area contributed by atoms with Crippen molar-refractivity contribution in [3.8, 4) is 11.9 Å². The second-order valence-electron chi connectivity index (χ2n) is 13.6. The number of aromatic nitrogens is 1. The fraction of sp³-hybridized carbons (Fsp3) is 0.606. The fourth-order valence-electron chi connectivity index (χ4n) is 6.74. The molecule has 2 saturated heterocycles. The van der Waals surface area contributed by atoms with Crippen molar-refractivity contribution in [2.75, 3.05) is 37.7 Å². The number of anilines is 1. The van der Waals surface area contributed by atoms with Gasteiger partial charge in [0.1, 0.15) is 23.1 Å². The minimum Gasteiger partial charge on any atom is -0.476 e. The van der Waals surface area contributed by atoms with Gasteiger partial charge in [-0.3, -0.25) is 9.80 Å². The van der Waals surface area contributed by atoms with Crippen molar-refractivity contribution < 1.29 is 19.4 Å². The normalized spacial score (nSPS) is 23.1. The van der Waals surface area contributed by atoms with Crippen molar-refractivity contribution in [3.05, 3.63) is 52.6 Å². The lowest BCUT2D eigenvalue weighted by Gasteiger charge is -2.50. The predicted molar refractivity (Wildman–Crippen MR) is 159 cm³/mol. The van der Waals surface area contributed by atoms with Crippen molar-refractivity contribution in [2.45, 2.75) is 90.1 Å². The number of pyridine rings is 1. The molecule has 3 aliphatic heterocycles. The zero-order chi connectivity index (χ0) is 29.5. The number of ether oxygens (including phenoxy) is 2. The van der Waals surface area contributed by atoms with E-state index in [2.05, 4.69) is 40.1 Å². The van der Waals surface area contributed by atoms with Gasteiger partial charge < -0.3 is 19.5 Å². The van der Waals surface area contributed by atoms with E-state index >= 15 is 0 Å². The van der Waals surface area contributed by atoms with Gasteiger partial charge in [0.2, 0.25) is 5.88 Å². The van der Waals surface area contributed by atoms with Crippen molar-refractivity contribution in [3.63, 3.8) is 0 Å². The molecule has 2 bridgehead atoms. The highest BCUT2D eigenvalue weighted by atomic mass is 16.6. The summed E-state index contributed by atoms with van der Waals surface area (Å²) in [5.41, 5.74) is 3.10. The van der Waals surface area contributed by atoms with Gasteiger partial charge in [0, 0.05) is 43.7 Å². The van der Waals surface area contributed by atoms with Crippen LogP contribution in [0.15, 0.2) is 30.3 Å². The molecule has 0 unspecified atom stereocenters. The second-order valence-corrected chi connectivity index (χ2v) is 13.6. The highest BCUT2D eigenvalue weighted by molar-refractivity contribution is 5.70. The summed E-state index contributed by atoms with van der Waals surface area (Å²) in [6.07, 6.45) is 5.35. The Morgan fingerprint density at radius 2 is 1.86 bits per heavy atom. The van der Waals surface area contributed by atoms with Gasteiger partial charge >= 0.3 is 6.09 Å². The average molecular weight is 574 g/mol. The molecule has 2 aromatic rings. The minimum absolute atomic E-state index is 0.0482. The molecular weight excluding hydrogens is 530 g/mol. The summed E-state index contributed by atoms with van der Waals surface area (Å²) in [7, 11) is 0. The maximum atomic E-state index is 13.2. The predicted octanol–water partition coefficient (Wildman–Crippen LogP) is 4.64. The smallest absolute Gasteiger partial charge is 0.410 e. The van der Waals surface area contributed by atoms with Gasteiger partial charge in [0.15, 0.2) is 0 Å². The number of rotatable bonds is 7. The Labute approximate surface area is 249 Å². The number of amides is 1. The lowest BCUT2D eigenvalue weighted by atomic mass is 9.90. The van der Waals surface area contributed by atoms with Crippen LogP contribution in [0.4, 0.5) is 10.6 Å². The van der Waals surface area contributed by atoms with Crippen LogP contribution in [-0.2, 0) is 24.2 Å². The van der Waals surface area contributed by atoms with Gasteiger partial charge in [0.25, 0.3) is 0 Å². The third kappa shape index (κ3) is 5.93. The average Bonchev–Trinajstić information content (AvgIpc) is 3.75.